The second-order valence-corrected chi connectivity index (χ2v) is 9.94. The van der Waals surface area contributed by atoms with Crippen molar-refractivity contribution in [3.63, 3.8) is 0 Å². The van der Waals surface area contributed by atoms with Crippen molar-refractivity contribution < 1.29 is 18.0 Å². The summed E-state index contributed by atoms with van der Waals surface area (Å²) < 4.78 is 45.0. The molecule has 0 radical (unpaired) electrons. The quantitative estimate of drug-likeness (QED) is 0.305. The minimum atomic E-state index is -4.65. The summed E-state index contributed by atoms with van der Waals surface area (Å²) in [5, 5.41) is 4.48. The number of alkyl halides is 3. The van der Waals surface area contributed by atoms with E-state index in [0.29, 0.717) is 52.1 Å². The number of carbonyl (C=O) groups is 1. The average Bonchev–Trinajstić information content (AvgIpc) is 3.58. The van der Waals surface area contributed by atoms with Gasteiger partial charge in [0, 0.05) is 61.4 Å². The van der Waals surface area contributed by atoms with Gasteiger partial charge in [0.15, 0.2) is 5.69 Å². The predicted molar refractivity (Wildman–Crippen MR) is 146 cm³/mol. The van der Waals surface area contributed by atoms with Gasteiger partial charge in [0.2, 0.25) is 0 Å². The molecular weight excluding hydrogens is 519 g/mol. The number of pyridine rings is 1. The molecule has 6 rings (SSSR count). The highest BCUT2D eigenvalue weighted by atomic mass is 19.4. The van der Waals surface area contributed by atoms with Crippen molar-refractivity contribution in [3.05, 3.63) is 89.4 Å². The number of nitrogen functional groups attached to an aromatic ring is 1. The highest BCUT2D eigenvalue weighted by Crippen LogP contribution is 2.41. The maximum absolute atomic E-state index is 14.1. The number of anilines is 2. The molecule has 1 aliphatic heterocycles. The molecule has 2 N–H and O–H groups in total. The Labute approximate surface area is 227 Å². The number of hydrogen-bond acceptors (Lipinski definition) is 5. The van der Waals surface area contributed by atoms with Crippen molar-refractivity contribution in [2.45, 2.75) is 32.5 Å². The summed E-state index contributed by atoms with van der Waals surface area (Å²) in [6.07, 6.45) is 4.46. The third-order valence-electron chi connectivity index (χ3n) is 7.29. The van der Waals surface area contributed by atoms with Crippen molar-refractivity contribution in [1.82, 2.24) is 24.3 Å². The van der Waals surface area contributed by atoms with E-state index in [1.54, 1.807) is 52.6 Å². The molecule has 0 fully saturated rings. The van der Waals surface area contributed by atoms with Crippen molar-refractivity contribution in [1.29, 1.82) is 0 Å². The summed E-state index contributed by atoms with van der Waals surface area (Å²) in [4.78, 5) is 24.3. The van der Waals surface area contributed by atoms with Gasteiger partial charge in [0.25, 0.3) is 5.91 Å². The molecule has 3 aromatic heterocycles. The van der Waals surface area contributed by atoms with Crippen molar-refractivity contribution in [2.24, 2.45) is 7.05 Å². The van der Waals surface area contributed by atoms with Crippen LogP contribution in [0.2, 0.25) is 0 Å². The Balaban J connectivity index is 1.53. The summed E-state index contributed by atoms with van der Waals surface area (Å²) in [5.74, 6) is -0.291. The van der Waals surface area contributed by atoms with Gasteiger partial charge in [-0.3, -0.25) is 14.5 Å². The number of hydrogen-bond donors (Lipinski definition) is 1. The topological polar surface area (TPSA) is 94.9 Å². The Bertz CT molecular complexity index is 1760. The van der Waals surface area contributed by atoms with Gasteiger partial charge >= 0.3 is 6.18 Å². The summed E-state index contributed by atoms with van der Waals surface area (Å²) in [6, 6.07) is 9.15. The van der Waals surface area contributed by atoms with Gasteiger partial charge in [-0.2, -0.15) is 18.3 Å². The highest BCUT2D eigenvalue weighted by molar-refractivity contribution is 6.13. The van der Waals surface area contributed by atoms with Crippen molar-refractivity contribution >= 4 is 28.2 Å². The lowest BCUT2D eigenvalue weighted by Gasteiger charge is -2.31. The van der Waals surface area contributed by atoms with E-state index in [4.69, 9.17) is 5.73 Å². The number of carbonyl (C=O) groups excluding carboxylic acids is 1. The third kappa shape index (κ3) is 4.37. The molecule has 0 unspecified atom stereocenters. The first kappa shape index (κ1) is 25.6. The fourth-order valence-corrected chi connectivity index (χ4v) is 5.48. The lowest BCUT2D eigenvalue weighted by Crippen LogP contribution is -2.38. The average molecular weight is 546 g/mol. The van der Waals surface area contributed by atoms with E-state index in [-0.39, 0.29) is 18.0 Å². The summed E-state index contributed by atoms with van der Waals surface area (Å²) in [5.41, 5.74) is 10.1. The number of halogens is 3. The second-order valence-electron chi connectivity index (χ2n) is 9.94. The molecule has 5 aromatic rings. The molecule has 0 spiro atoms. The van der Waals surface area contributed by atoms with Gasteiger partial charge in [0.05, 0.1) is 23.2 Å². The zero-order valence-corrected chi connectivity index (χ0v) is 21.9. The Morgan fingerprint density at radius 1 is 1.05 bits per heavy atom. The maximum Gasteiger partial charge on any atom is 0.435 e. The first-order chi connectivity index (χ1) is 19.1. The van der Waals surface area contributed by atoms with Crippen molar-refractivity contribution in [3.8, 4) is 11.1 Å². The normalized spacial score (nSPS) is 13.7. The van der Waals surface area contributed by atoms with Crippen LogP contribution in [0.5, 0.6) is 0 Å². The summed E-state index contributed by atoms with van der Waals surface area (Å²) in [6.45, 7) is 2.65. The van der Waals surface area contributed by atoms with Crippen molar-refractivity contribution in [2.75, 3.05) is 17.2 Å². The van der Waals surface area contributed by atoms with Crippen LogP contribution in [-0.2, 0) is 32.6 Å². The maximum atomic E-state index is 14.1. The number of amides is 1. The van der Waals surface area contributed by atoms with Gasteiger partial charge < -0.3 is 15.2 Å². The van der Waals surface area contributed by atoms with Crippen LogP contribution in [0.15, 0.2) is 61.4 Å². The van der Waals surface area contributed by atoms with Crippen LogP contribution in [0, 0.1) is 0 Å². The molecule has 11 heteroatoms. The lowest BCUT2D eigenvalue weighted by molar-refractivity contribution is -0.140. The van der Waals surface area contributed by atoms with E-state index in [0.717, 1.165) is 22.1 Å². The number of fused-ring (bicyclic) bond motifs is 2. The van der Waals surface area contributed by atoms with Gasteiger partial charge in [-0.15, -0.1) is 0 Å². The number of rotatable bonds is 5. The monoisotopic (exact) mass is 545 g/mol. The molecule has 0 bridgehead atoms. The molecule has 0 atom stereocenters. The summed E-state index contributed by atoms with van der Waals surface area (Å²) >= 11 is 0. The lowest BCUT2D eigenvalue weighted by atomic mass is 9.87. The number of aryl methyl sites for hydroxylation is 2. The number of imidazole rings is 1. The molecule has 1 amide bonds. The number of nitrogens with two attached hydrogens (primary N) is 1. The van der Waals surface area contributed by atoms with Gasteiger partial charge in [-0.1, -0.05) is 6.92 Å². The van der Waals surface area contributed by atoms with Crippen LogP contribution in [0.4, 0.5) is 24.5 Å². The van der Waals surface area contributed by atoms with Crippen LogP contribution in [0.25, 0.3) is 22.0 Å². The molecule has 0 aliphatic carbocycles. The fourth-order valence-electron chi connectivity index (χ4n) is 5.48. The third-order valence-corrected chi connectivity index (χ3v) is 7.29. The second kappa shape index (κ2) is 9.51. The Kier molecular flexibility index (Phi) is 6.09. The fraction of sp³-hybridized carbons (Fsp3) is 0.241. The number of benzene rings is 2. The first-order valence-corrected chi connectivity index (χ1v) is 12.9. The molecule has 0 saturated heterocycles. The Morgan fingerprint density at radius 2 is 1.85 bits per heavy atom. The molecule has 1 aliphatic rings. The number of nitrogens with zero attached hydrogens (tertiary/aromatic N) is 6. The van der Waals surface area contributed by atoms with E-state index >= 15 is 0 Å². The number of aromatic nitrogens is 5. The van der Waals surface area contributed by atoms with E-state index < -0.39 is 11.9 Å². The molecule has 204 valence electrons. The van der Waals surface area contributed by atoms with Crippen LogP contribution in [0.1, 0.15) is 39.7 Å². The van der Waals surface area contributed by atoms with E-state index in [9.17, 15) is 18.0 Å². The SMILES string of the molecule is CCc1cc(N)c2nccc(N3CCc4c(cc(Cn5ccnc5)cc4-c4cn(C)nc4C(F)(F)F)C3=O)c2c1. The molecular formula is C29H26F3N7O. The molecule has 8 nitrogen and oxygen atoms in total. The molecule has 4 heterocycles. The van der Waals surface area contributed by atoms with E-state index in [1.807, 2.05) is 19.1 Å². The van der Waals surface area contributed by atoms with Gasteiger partial charge in [0.1, 0.15) is 0 Å². The van der Waals surface area contributed by atoms with Gasteiger partial charge in [-0.05, 0) is 65.4 Å². The zero-order valence-electron chi connectivity index (χ0n) is 21.9. The minimum Gasteiger partial charge on any atom is -0.397 e. The largest absolute Gasteiger partial charge is 0.435 e. The molecule has 40 heavy (non-hydrogen) atoms. The first-order valence-electron chi connectivity index (χ1n) is 12.9. The Hall–Kier alpha value is -4.67. The van der Waals surface area contributed by atoms with Crippen LogP contribution < -0.4 is 10.6 Å². The molecule has 0 saturated carbocycles. The highest BCUT2D eigenvalue weighted by Gasteiger charge is 2.39. The van der Waals surface area contributed by atoms with Crippen LogP contribution >= 0.6 is 0 Å². The standard InChI is InChI=1S/C29H26F3N7O/c1-3-17-10-22-25(4-6-35-26(22)24(33)13-17)39-8-5-19-20(23-15-37(2)36-27(23)29(30,31)32)11-18(12-21(19)28(39)40)14-38-9-7-34-16-38/h4,6-7,9-13,15-16H,3,5,8,14,33H2,1-2H3. The predicted octanol–water partition coefficient (Wildman–Crippen LogP) is 5.25. The minimum absolute atomic E-state index is 0.0466. The van der Waals surface area contributed by atoms with Crippen LogP contribution in [-0.4, -0.2) is 36.8 Å². The van der Waals surface area contributed by atoms with Crippen LogP contribution in [0.3, 0.4) is 0 Å². The smallest absolute Gasteiger partial charge is 0.397 e. The van der Waals surface area contributed by atoms with Gasteiger partial charge in [-0.25, -0.2) is 4.98 Å². The summed E-state index contributed by atoms with van der Waals surface area (Å²) in [7, 11) is 1.46. The Morgan fingerprint density at radius 3 is 2.58 bits per heavy atom. The molecule has 2 aromatic carbocycles. The van der Waals surface area contributed by atoms with E-state index in [2.05, 4.69) is 15.1 Å². The van der Waals surface area contributed by atoms with E-state index in [1.165, 1.54) is 13.2 Å². The zero-order chi connectivity index (χ0) is 28.2.